The molecule has 0 saturated carbocycles. The van der Waals surface area contributed by atoms with E-state index in [1.54, 1.807) is 55.0 Å². The van der Waals surface area contributed by atoms with E-state index in [1.165, 1.54) is 58.3 Å². The summed E-state index contributed by atoms with van der Waals surface area (Å²) in [6.07, 6.45) is 17.9. The average molecular weight is 453 g/mol. The van der Waals surface area contributed by atoms with Crippen LogP contribution in [0.1, 0.15) is 96.3 Å². The third-order valence-corrected chi connectivity index (χ3v) is 10.8. The molecule has 0 spiro atoms. The minimum absolute atomic E-state index is 0.375. The van der Waals surface area contributed by atoms with Crippen molar-refractivity contribution in [1.29, 1.82) is 0 Å². The number of carbonyl (C=O) groups excluding carboxylic acids is 1. The Morgan fingerprint density at radius 2 is 1.19 bits per heavy atom. The average Bonchev–Trinajstić information content (AvgIpc) is 2.79. The van der Waals surface area contributed by atoms with E-state index in [0.717, 1.165) is 0 Å². The quantitative estimate of drug-likeness (QED) is 0.279. The summed E-state index contributed by atoms with van der Waals surface area (Å²) >= 11 is 0. The summed E-state index contributed by atoms with van der Waals surface area (Å²) in [6.45, 7) is 10.8. The lowest BCUT2D eigenvalue weighted by molar-refractivity contribution is -0.138. The molecule has 1 atom stereocenters. The van der Waals surface area contributed by atoms with E-state index in [4.69, 9.17) is 5.11 Å². The number of aliphatic carboxylic acids is 1. The number of rotatable bonds is 15. The Kier molecular flexibility index (Phi) is 17.4. The molecule has 1 aromatic rings. The second-order valence-electron chi connectivity index (χ2n) is 8.55. The Bertz CT molecular complexity index is 554. The van der Waals surface area contributed by atoms with E-state index in [2.05, 4.69) is 33.0 Å². The largest absolute Gasteiger partial charge is 0.480 e. The minimum atomic E-state index is -1.05. The monoisotopic (exact) mass is 452 g/mol. The highest BCUT2D eigenvalue weighted by atomic mass is 31.2. The van der Waals surface area contributed by atoms with Gasteiger partial charge in [-0.2, -0.15) is 0 Å². The third-order valence-electron chi connectivity index (χ3n) is 5.70. The Labute approximate surface area is 191 Å². The highest BCUT2D eigenvalue weighted by Gasteiger charge is 2.34. The fourth-order valence-corrected chi connectivity index (χ4v) is 8.87. The second-order valence-corrected chi connectivity index (χ2v) is 13.0. The molecule has 0 heterocycles. The van der Waals surface area contributed by atoms with Crippen molar-refractivity contribution in [3.63, 3.8) is 0 Å². The Morgan fingerprint density at radius 3 is 1.52 bits per heavy atom. The lowest BCUT2D eigenvalue weighted by Crippen LogP contribution is -2.38. The van der Waals surface area contributed by atoms with Crippen LogP contribution in [0.2, 0.25) is 0 Å². The number of benzene rings is 1. The fraction of sp³-hybridized carbons (Fsp3) is 0.692. The molecular weight excluding hydrogens is 405 g/mol. The van der Waals surface area contributed by atoms with E-state index >= 15 is 0 Å². The molecule has 0 aromatic heterocycles. The van der Waals surface area contributed by atoms with Gasteiger partial charge in [-0.05, 0) is 44.7 Å². The second kappa shape index (κ2) is 18.2. The van der Waals surface area contributed by atoms with Gasteiger partial charge in [0.2, 0.25) is 0 Å². The molecule has 0 bridgehead atoms. The summed E-state index contributed by atoms with van der Waals surface area (Å²) in [6, 6.07) is 7.62. The topological polar surface area (TPSA) is 66.4 Å². The Hall–Kier alpha value is -1.41. The predicted molar refractivity (Wildman–Crippen MR) is 137 cm³/mol. The van der Waals surface area contributed by atoms with Crippen LogP contribution in [-0.2, 0) is 4.79 Å². The van der Waals surface area contributed by atoms with Crippen LogP contribution in [0.15, 0.2) is 30.3 Å². The minimum Gasteiger partial charge on any atom is -0.480 e. The fourth-order valence-electron chi connectivity index (χ4n) is 3.58. The highest BCUT2D eigenvalue weighted by Crippen LogP contribution is 2.61. The summed E-state index contributed by atoms with van der Waals surface area (Å²) in [5, 5.41) is 10.9. The molecule has 1 aromatic carbocycles. The highest BCUT2D eigenvalue weighted by molar-refractivity contribution is 7.75. The number of hydrogen-bond donors (Lipinski definition) is 2. The van der Waals surface area contributed by atoms with Crippen molar-refractivity contribution < 1.29 is 14.7 Å². The third kappa shape index (κ3) is 13.6. The predicted octanol–water partition coefficient (Wildman–Crippen LogP) is 7.09. The molecule has 0 radical (unpaired) electrons. The van der Waals surface area contributed by atoms with Crippen molar-refractivity contribution in [1.82, 2.24) is 5.32 Å². The summed E-state index contributed by atoms with van der Waals surface area (Å²) < 4.78 is 0. The van der Waals surface area contributed by atoms with E-state index in [1.807, 2.05) is 0 Å². The molecule has 178 valence electrons. The first kappa shape index (κ1) is 29.6. The number of carboxylic acid groups (broad SMARTS) is 1. The molecule has 31 heavy (non-hydrogen) atoms. The van der Waals surface area contributed by atoms with Crippen LogP contribution in [0.3, 0.4) is 0 Å². The zero-order valence-corrected chi connectivity index (χ0v) is 21.6. The Morgan fingerprint density at radius 1 is 0.806 bits per heavy atom. The molecule has 0 aliphatic heterocycles. The zero-order chi connectivity index (χ0) is 23.5. The number of carboxylic acids is 1. The Balaban J connectivity index is 0.000000590. The lowest BCUT2D eigenvalue weighted by atomic mass is 10.2. The summed E-state index contributed by atoms with van der Waals surface area (Å²) in [5.41, 5.74) is 0.459. The first-order valence-corrected chi connectivity index (χ1v) is 14.8. The van der Waals surface area contributed by atoms with Crippen LogP contribution in [0.4, 0.5) is 0 Å². The molecule has 0 saturated heterocycles. The van der Waals surface area contributed by atoms with Crippen molar-refractivity contribution in [3.05, 3.63) is 35.9 Å². The molecule has 0 aliphatic carbocycles. The summed E-state index contributed by atoms with van der Waals surface area (Å²) in [7, 11) is -0.562. The van der Waals surface area contributed by atoms with Crippen molar-refractivity contribution in [3.8, 4) is 0 Å². The normalized spacial score (nSPS) is 11.9. The zero-order valence-electron chi connectivity index (χ0n) is 20.7. The molecule has 2 N–H and O–H groups in total. The molecule has 0 unspecified atom stereocenters. The van der Waals surface area contributed by atoms with Gasteiger partial charge in [-0.3, -0.25) is 9.59 Å². The van der Waals surface area contributed by atoms with Gasteiger partial charge < -0.3 is 10.4 Å². The van der Waals surface area contributed by atoms with Crippen LogP contribution in [0, 0.1) is 0 Å². The number of unbranched alkanes of at least 4 members (excludes halogenated alkanes) is 4. The van der Waals surface area contributed by atoms with E-state index in [0.29, 0.717) is 5.56 Å². The van der Waals surface area contributed by atoms with Crippen molar-refractivity contribution in [2.45, 2.75) is 92.0 Å². The van der Waals surface area contributed by atoms with Crippen LogP contribution in [0.25, 0.3) is 0 Å². The molecule has 0 aliphatic rings. The van der Waals surface area contributed by atoms with Crippen LogP contribution >= 0.6 is 7.26 Å². The number of hydrogen-bond acceptors (Lipinski definition) is 2. The van der Waals surface area contributed by atoms with Gasteiger partial charge in [0, 0.05) is 12.8 Å². The maximum atomic E-state index is 11.4. The SMILES string of the molecule is CCCC[P+](CCCC)(CCCC)CCCC.C[C@H](NC(=O)c1ccccc1)C(=O)O. The van der Waals surface area contributed by atoms with E-state index < -0.39 is 19.3 Å². The van der Waals surface area contributed by atoms with Gasteiger partial charge in [-0.25, -0.2) is 0 Å². The number of amides is 1. The standard InChI is InChI=1S/C16H36P.C10H11NO3/c1-5-9-13-17(14-10-6-2,15-11-7-3)16-12-8-4;1-7(10(13)14)11-9(12)8-5-3-2-4-6-8/h5-16H2,1-4H3;2-7H,1H3,(H,11,12)(H,13,14)/q+1;/t;7-/m.0/s1. The van der Waals surface area contributed by atoms with Gasteiger partial charge >= 0.3 is 5.97 Å². The van der Waals surface area contributed by atoms with Gasteiger partial charge in [0.1, 0.15) is 6.04 Å². The molecule has 0 fully saturated rings. The first-order chi connectivity index (χ1) is 14.9. The van der Waals surface area contributed by atoms with Gasteiger partial charge in [0.15, 0.2) is 0 Å². The number of carbonyl (C=O) groups is 2. The van der Waals surface area contributed by atoms with Crippen molar-refractivity contribution in [2.24, 2.45) is 0 Å². The molecular formula is C26H47NO3P+. The molecule has 1 rings (SSSR count). The van der Waals surface area contributed by atoms with Crippen LogP contribution in [0.5, 0.6) is 0 Å². The van der Waals surface area contributed by atoms with Gasteiger partial charge in [-0.15, -0.1) is 0 Å². The van der Waals surface area contributed by atoms with Gasteiger partial charge in [0.25, 0.3) is 5.91 Å². The van der Waals surface area contributed by atoms with Crippen LogP contribution < -0.4 is 5.32 Å². The molecule has 5 heteroatoms. The maximum Gasteiger partial charge on any atom is 0.325 e. The first-order valence-electron chi connectivity index (χ1n) is 12.3. The van der Waals surface area contributed by atoms with E-state index in [-0.39, 0.29) is 5.91 Å². The molecule has 4 nitrogen and oxygen atoms in total. The number of nitrogens with one attached hydrogen (secondary N) is 1. The summed E-state index contributed by atoms with van der Waals surface area (Å²) in [5.74, 6) is -1.42. The van der Waals surface area contributed by atoms with Gasteiger partial charge in [0.05, 0.1) is 24.6 Å². The van der Waals surface area contributed by atoms with Crippen LogP contribution in [-0.4, -0.2) is 47.7 Å². The van der Waals surface area contributed by atoms with E-state index in [9.17, 15) is 9.59 Å². The molecule has 1 amide bonds. The summed E-state index contributed by atoms with van der Waals surface area (Å²) in [4.78, 5) is 21.8. The maximum absolute atomic E-state index is 11.4. The van der Waals surface area contributed by atoms with Crippen molar-refractivity contribution >= 4 is 19.1 Å². The van der Waals surface area contributed by atoms with Gasteiger partial charge in [-0.1, -0.05) is 71.6 Å². The van der Waals surface area contributed by atoms with Crippen molar-refractivity contribution in [2.75, 3.05) is 24.6 Å². The smallest absolute Gasteiger partial charge is 0.325 e. The lowest BCUT2D eigenvalue weighted by Gasteiger charge is -2.28.